The summed E-state index contributed by atoms with van der Waals surface area (Å²) in [5, 5.41) is 8.46. The maximum Gasteiger partial charge on any atom is 0.317 e. The van der Waals surface area contributed by atoms with Crippen LogP contribution in [0.15, 0.2) is 0 Å². The van der Waals surface area contributed by atoms with Gasteiger partial charge in [0.05, 0.1) is 0 Å². The van der Waals surface area contributed by atoms with E-state index in [0.717, 1.165) is 0 Å². The highest BCUT2D eigenvalue weighted by Crippen LogP contribution is 2.40. The Morgan fingerprint density at radius 2 is 2.29 bits per heavy atom. The van der Waals surface area contributed by atoms with Crippen LogP contribution in [0.3, 0.4) is 0 Å². The van der Waals surface area contributed by atoms with E-state index in [2.05, 4.69) is 0 Å². The Morgan fingerprint density at radius 3 is 2.29 bits per heavy atom. The SMILES string of the molecule is C[C@H]1S[C@@H]1C(=O)O. The number of thioether (sulfide) groups is 1. The second kappa shape index (κ2) is 1.40. The molecule has 7 heavy (non-hydrogen) atoms. The summed E-state index contributed by atoms with van der Waals surface area (Å²) < 4.78 is 0. The van der Waals surface area contributed by atoms with Crippen LogP contribution in [0.5, 0.6) is 0 Å². The van der Waals surface area contributed by atoms with Crippen molar-refractivity contribution in [3.63, 3.8) is 0 Å². The highest BCUT2D eigenvalue weighted by molar-refractivity contribution is 8.08. The molecule has 40 valence electrons. The number of carbonyl (C=O) groups is 1. The van der Waals surface area contributed by atoms with Crippen LogP contribution in [-0.4, -0.2) is 21.6 Å². The first-order valence-corrected chi connectivity index (χ1v) is 3.04. The molecule has 0 aliphatic carbocycles. The van der Waals surface area contributed by atoms with Crippen molar-refractivity contribution < 1.29 is 9.90 Å². The molecule has 0 saturated carbocycles. The molecule has 1 N–H and O–H groups in total. The number of carboxylic acids is 1. The van der Waals surface area contributed by atoms with Crippen molar-refractivity contribution in [3.8, 4) is 0 Å². The summed E-state index contributed by atoms with van der Waals surface area (Å²) in [5.41, 5.74) is 0. The molecule has 0 spiro atoms. The third-order valence-corrected chi connectivity index (χ3v) is 2.24. The number of rotatable bonds is 1. The van der Waals surface area contributed by atoms with Gasteiger partial charge in [0, 0.05) is 5.25 Å². The maximum absolute atomic E-state index is 9.95. The minimum atomic E-state index is -0.669. The van der Waals surface area contributed by atoms with Crippen molar-refractivity contribution in [2.24, 2.45) is 0 Å². The highest BCUT2D eigenvalue weighted by Gasteiger charge is 2.40. The van der Waals surface area contributed by atoms with Gasteiger partial charge in [-0.15, -0.1) is 11.8 Å². The zero-order valence-electron chi connectivity index (χ0n) is 3.92. The van der Waals surface area contributed by atoms with Crippen LogP contribution in [0.2, 0.25) is 0 Å². The fraction of sp³-hybridized carbons (Fsp3) is 0.750. The van der Waals surface area contributed by atoms with E-state index in [9.17, 15) is 4.79 Å². The van der Waals surface area contributed by atoms with Crippen LogP contribution in [0.1, 0.15) is 6.92 Å². The van der Waals surface area contributed by atoms with Crippen LogP contribution >= 0.6 is 11.8 Å². The maximum atomic E-state index is 9.95. The Bertz CT molecular complexity index is 102. The van der Waals surface area contributed by atoms with Gasteiger partial charge in [-0.3, -0.25) is 4.79 Å². The van der Waals surface area contributed by atoms with E-state index in [1.165, 1.54) is 11.8 Å². The molecule has 3 heteroatoms. The summed E-state index contributed by atoms with van der Waals surface area (Å²) in [6.45, 7) is 1.92. The molecular weight excluding hydrogens is 112 g/mol. The molecule has 0 aromatic carbocycles. The average Bonchev–Trinajstić information content (AvgIpc) is 2.17. The van der Waals surface area contributed by atoms with Crippen molar-refractivity contribution in [3.05, 3.63) is 0 Å². The van der Waals surface area contributed by atoms with Crippen molar-refractivity contribution in [1.82, 2.24) is 0 Å². The summed E-state index contributed by atoms with van der Waals surface area (Å²) in [6, 6.07) is 0. The van der Waals surface area contributed by atoms with E-state index in [1.807, 2.05) is 6.92 Å². The first-order valence-electron chi connectivity index (χ1n) is 2.10. The standard InChI is InChI=1S/C4H6O2S/c1-2-3(7-2)4(5)6/h2-3H,1H3,(H,5,6)/t2-,3+/m1/s1. The van der Waals surface area contributed by atoms with Gasteiger partial charge in [-0.05, 0) is 0 Å². The Kier molecular flexibility index (Phi) is 0.995. The van der Waals surface area contributed by atoms with Crippen molar-refractivity contribution >= 4 is 17.7 Å². The quantitative estimate of drug-likeness (QED) is 0.511. The molecule has 1 fully saturated rings. The summed E-state index contributed by atoms with van der Waals surface area (Å²) in [7, 11) is 0. The van der Waals surface area contributed by atoms with Crippen LogP contribution in [-0.2, 0) is 4.79 Å². The second-order valence-corrected chi connectivity index (χ2v) is 3.12. The largest absolute Gasteiger partial charge is 0.480 e. The van der Waals surface area contributed by atoms with Gasteiger partial charge in [0.2, 0.25) is 0 Å². The van der Waals surface area contributed by atoms with Crippen LogP contribution < -0.4 is 0 Å². The monoisotopic (exact) mass is 118 g/mol. The average molecular weight is 118 g/mol. The highest BCUT2D eigenvalue weighted by atomic mass is 32.2. The van der Waals surface area contributed by atoms with E-state index in [0.29, 0.717) is 5.25 Å². The van der Waals surface area contributed by atoms with Crippen molar-refractivity contribution in [2.75, 3.05) is 0 Å². The van der Waals surface area contributed by atoms with Crippen LogP contribution in [0.4, 0.5) is 0 Å². The molecule has 1 rings (SSSR count). The summed E-state index contributed by atoms with van der Waals surface area (Å²) in [6.07, 6.45) is 0. The molecule has 1 heterocycles. The van der Waals surface area contributed by atoms with Gasteiger partial charge in [-0.1, -0.05) is 6.92 Å². The van der Waals surface area contributed by atoms with E-state index >= 15 is 0 Å². The molecule has 2 atom stereocenters. The number of aliphatic carboxylic acids is 1. The van der Waals surface area contributed by atoms with Gasteiger partial charge in [0.25, 0.3) is 0 Å². The fourth-order valence-electron chi connectivity index (χ4n) is 0.445. The van der Waals surface area contributed by atoms with Gasteiger partial charge < -0.3 is 5.11 Å². The summed E-state index contributed by atoms with van der Waals surface area (Å²) in [4.78, 5) is 9.95. The summed E-state index contributed by atoms with van der Waals surface area (Å²) >= 11 is 1.50. The third-order valence-electron chi connectivity index (χ3n) is 0.954. The van der Waals surface area contributed by atoms with Crippen LogP contribution in [0.25, 0.3) is 0 Å². The molecule has 0 radical (unpaired) electrons. The van der Waals surface area contributed by atoms with Gasteiger partial charge in [-0.2, -0.15) is 0 Å². The predicted octanol–water partition coefficient (Wildman–Crippen LogP) is 0.575. The Hall–Kier alpha value is -0.180. The van der Waals surface area contributed by atoms with Crippen molar-refractivity contribution in [1.29, 1.82) is 0 Å². The van der Waals surface area contributed by atoms with E-state index in [4.69, 9.17) is 5.11 Å². The van der Waals surface area contributed by atoms with E-state index < -0.39 is 5.97 Å². The lowest BCUT2D eigenvalue weighted by Gasteiger charge is -1.77. The molecule has 1 aliphatic heterocycles. The molecule has 1 saturated heterocycles. The lowest BCUT2D eigenvalue weighted by molar-refractivity contribution is -0.135. The first-order chi connectivity index (χ1) is 3.22. The van der Waals surface area contributed by atoms with Gasteiger partial charge in [0.15, 0.2) is 0 Å². The zero-order valence-corrected chi connectivity index (χ0v) is 4.73. The van der Waals surface area contributed by atoms with E-state index in [-0.39, 0.29) is 5.25 Å². The molecule has 0 aromatic rings. The lowest BCUT2D eigenvalue weighted by atomic mass is 10.4. The van der Waals surface area contributed by atoms with Gasteiger partial charge in [0.1, 0.15) is 5.25 Å². The van der Waals surface area contributed by atoms with Crippen LogP contribution in [0, 0.1) is 0 Å². The minimum Gasteiger partial charge on any atom is -0.480 e. The molecule has 0 amide bonds. The first kappa shape index (κ1) is 4.97. The molecule has 2 nitrogen and oxygen atoms in total. The number of hydrogen-bond donors (Lipinski definition) is 1. The third kappa shape index (κ3) is 0.881. The Balaban J connectivity index is 2.33. The smallest absolute Gasteiger partial charge is 0.317 e. The predicted molar refractivity (Wildman–Crippen MR) is 28.5 cm³/mol. The molecule has 1 aliphatic rings. The normalized spacial score (nSPS) is 37.9. The zero-order chi connectivity index (χ0) is 5.44. The molecule has 0 aromatic heterocycles. The number of carboxylic acid groups (broad SMARTS) is 1. The number of hydrogen-bond acceptors (Lipinski definition) is 2. The summed E-state index contributed by atoms with van der Waals surface area (Å²) in [5.74, 6) is -0.669. The second-order valence-electron chi connectivity index (χ2n) is 1.60. The van der Waals surface area contributed by atoms with Gasteiger partial charge in [-0.25, -0.2) is 0 Å². The molecular formula is C4H6O2S. The molecule has 0 unspecified atom stereocenters. The fourth-order valence-corrected chi connectivity index (χ4v) is 1.05. The minimum absolute atomic E-state index is 0.0972. The Labute approximate surface area is 45.9 Å². The molecule has 0 bridgehead atoms. The van der Waals surface area contributed by atoms with E-state index in [1.54, 1.807) is 0 Å². The Morgan fingerprint density at radius 1 is 1.86 bits per heavy atom. The lowest BCUT2D eigenvalue weighted by Crippen LogP contribution is -2.04. The van der Waals surface area contributed by atoms with Crippen molar-refractivity contribution in [2.45, 2.75) is 17.4 Å². The topological polar surface area (TPSA) is 37.3 Å². The van der Waals surface area contributed by atoms with Gasteiger partial charge >= 0.3 is 5.97 Å².